The summed E-state index contributed by atoms with van der Waals surface area (Å²) in [5, 5.41) is 5.38. The molecule has 0 fully saturated rings. The smallest absolute Gasteiger partial charge is 0.330 e. The summed E-state index contributed by atoms with van der Waals surface area (Å²) in [7, 11) is 0. The van der Waals surface area contributed by atoms with Crippen LogP contribution in [0.4, 0.5) is 0 Å². The van der Waals surface area contributed by atoms with Crippen molar-refractivity contribution in [2.24, 2.45) is 0 Å². The van der Waals surface area contributed by atoms with E-state index in [9.17, 15) is 0 Å². The van der Waals surface area contributed by atoms with Crippen molar-refractivity contribution in [1.29, 1.82) is 0 Å². The third kappa shape index (κ3) is 2.57. The summed E-state index contributed by atoms with van der Waals surface area (Å²) in [6, 6.07) is 41.5. The Labute approximate surface area is 262 Å². The highest BCUT2D eigenvalue weighted by Crippen LogP contribution is 2.49. The van der Waals surface area contributed by atoms with Crippen LogP contribution in [-0.4, -0.2) is 22.7 Å². The molecular weight excluding hydrogens is 570 g/mol. The largest absolute Gasteiger partial charge is 0.382 e. The second-order valence-corrected chi connectivity index (χ2v) is 14.6. The first-order valence-electron chi connectivity index (χ1n) is 15.2. The predicted molar refractivity (Wildman–Crippen MR) is 188 cm³/mol. The zero-order valence-electron chi connectivity index (χ0n) is 23.4. The minimum Gasteiger partial charge on any atom is -0.382 e. The van der Waals surface area contributed by atoms with Crippen LogP contribution in [0.2, 0.25) is 0 Å². The summed E-state index contributed by atoms with van der Waals surface area (Å²) in [6.45, 7) is 0.340. The molecule has 4 aliphatic rings. The molecule has 2 aromatic heterocycles. The van der Waals surface area contributed by atoms with E-state index in [-0.39, 0.29) is 13.7 Å². The molecule has 2 nitrogen and oxygen atoms in total. The number of para-hydroxylation sites is 2. The zero-order valence-corrected chi connectivity index (χ0v) is 25.0. The van der Waals surface area contributed by atoms with Crippen LogP contribution in [0.5, 0.6) is 0 Å². The van der Waals surface area contributed by atoms with E-state index in [0.29, 0.717) is 0 Å². The maximum Gasteiger partial charge on any atom is 0.330 e. The Bertz CT molecular complexity index is 2470. The molecule has 200 valence electrons. The van der Waals surface area contributed by atoms with Crippen molar-refractivity contribution in [2.75, 3.05) is 0 Å². The van der Waals surface area contributed by atoms with Crippen molar-refractivity contribution in [2.45, 2.75) is 19.6 Å². The summed E-state index contributed by atoms with van der Waals surface area (Å²) < 4.78 is 5.08. The fraction of sp³-hybridized carbons (Fsp3) is 0. The van der Waals surface area contributed by atoms with Crippen LogP contribution in [0.3, 0.4) is 0 Å². The highest BCUT2D eigenvalue weighted by Gasteiger charge is 2.43. The first kappa shape index (κ1) is 22.9. The lowest BCUT2D eigenvalue weighted by molar-refractivity contribution is 1.24. The average molecular weight is 590 g/mol. The number of benzene rings is 6. The number of hydrogen-bond acceptors (Lipinski definition) is 2. The second kappa shape index (κ2) is 7.76. The van der Waals surface area contributed by atoms with E-state index in [4.69, 9.17) is 0 Å². The van der Waals surface area contributed by atoms with Gasteiger partial charge in [-0.3, -0.25) is 0 Å². The fourth-order valence-corrected chi connectivity index (χ4v) is 11.2. The molecule has 0 saturated carbocycles. The van der Waals surface area contributed by atoms with Gasteiger partial charge in [0.15, 0.2) is 0 Å². The molecule has 6 heteroatoms. The molecule has 12 rings (SSSR count). The quantitative estimate of drug-likeness (QED) is 0.177. The Hall–Kier alpha value is -4.51. The van der Waals surface area contributed by atoms with Crippen LogP contribution in [0.25, 0.3) is 54.8 Å². The van der Waals surface area contributed by atoms with Crippen molar-refractivity contribution < 1.29 is 0 Å². The van der Waals surface area contributed by atoms with E-state index in [1.807, 2.05) is 23.5 Å². The summed E-state index contributed by atoms with van der Waals surface area (Å²) in [5.41, 5.74) is 14.0. The van der Waals surface area contributed by atoms with E-state index in [0.717, 1.165) is 0 Å². The molecular formula is C38H20B2N2S2. The number of fused-ring (bicyclic) bond motifs is 11. The third-order valence-electron chi connectivity index (χ3n) is 10.4. The molecule has 0 saturated heterocycles. The van der Waals surface area contributed by atoms with Crippen molar-refractivity contribution in [3.05, 3.63) is 122 Å². The van der Waals surface area contributed by atoms with Crippen molar-refractivity contribution in [1.82, 2.24) is 8.96 Å². The standard InChI is InChI=1S/C38H20B2N2S2/c1-3-13-29-27(11-1)39-35-31(43-29)19-26-25(33(35)23-9-5-7-21-15-17-41(39)37(21)23)20-32-36-34(26)24-10-6-8-22-16-18-42(38(22)24)40(36)28-12-2-4-14-30(28)44-32/h1-20H. The first-order chi connectivity index (χ1) is 21.8. The van der Waals surface area contributed by atoms with Gasteiger partial charge in [-0.05, 0) is 103 Å². The van der Waals surface area contributed by atoms with E-state index < -0.39 is 0 Å². The Morgan fingerprint density at radius 1 is 0.455 bits per heavy atom. The topological polar surface area (TPSA) is 9.86 Å². The maximum absolute atomic E-state index is 2.55. The molecule has 0 bridgehead atoms. The summed E-state index contributed by atoms with van der Waals surface area (Å²) in [5.74, 6) is 0. The molecule has 0 radical (unpaired) electrons. The first-order valence-corrected chi connectivity index (χ1v) is 16.9. The Morgan fingerprint density at radius 2 is 0.932 bits per heavy atom. The van der Waals surface area contributed by atoms with Crippen molar-refractivity contribution >= 4 is 91.6 Å². The average Bonchev–Trinajstić information content (AvgIpc) is 3.70. The molecule has 0 atom stereocenters. The van der Waals surface area contributed by atoms with Gasteiger partial charge in [0.1, 0.15) is 0 Å². The highest BCUT2D eigenvalue weighted by atomic mass is 32.2. The molecule has 44 heavy (non-hydrogen) atoms. The Morgan fingerprint density at radius 3 is 1.43 bits per heavy atom. The van der Waals surface area contributed by atoms with Gasteiger partial charge in [-0.1, -0.05) is 96.3 Å². The molecule has 8 aromatic rings. The van der Waals surface area contributed by atoms with Gasteiger partial charge in [-0.15, -0.1) is 0 Å². The highest BCUT2D eigenvalue weighted by molar-refractivity contribution is 8.00. The van der Waals surface area contributed by atoms with E-state index in [1.54, 1.807) is 0 Å². The lowest BCUT2D eigenvalue weighted by atomic mass is 9.46. The minimum atomic E-state index is 0.170. The molecule has 0 unspecified atom stereocenters. The minimum absolute atomic E-state index is 0.170. The molecule has 0 aliphatic carbocycles. The Kier molecular flexibility index (Phi) is 4.05. The summed E-state index contributed by atoms with van der Waals surface area (Å²) in [6.07, 6.45) is 4.62. The predicted octanol–water partition coefficient (Wildman–Crippen LogP) is 6.95. The van der Waals surface area contributed by atoms with Crippen LogP contribution < -0.4 is 21.9 Å². The van der Waals surface area contributed by atoms with Crippen LogP contribution in [0.1, 0.15) is 0 Å². The number of rotatable bonds is 0. The van der Waals surface area contributed by atoms with Crippen LogP contribution in [0.15, 0.2) is 141 Å². The summed E-state index contributed by atoms with van der Waals surface area (Å²) >= 11 is 3.90. The van der Waals surface area contributed by atoms with Crippen molar-refractivity contribution in [3.8, 4) is 22.3 Å². The van der Waals surface area contributed by atoms with Crippen molar-refractivity contribution in [3.63, 3.8) is 0 Å². The van der Waals surface area contributed by atoms with Crippen LogP contribution in [0, 0.1) is 0 Å². The van der Waals surface area contributed by atoms with Gasteiger partial charge in [0.05, 0.1) is 0 Å². The van der Waals surface area contributed by atoms with Gasteiger partial charge in [0.2, 0.25) is 0 Å². The number of aromatic nitrogens is 2. The third-order valence-corrected chi connectivity index (χ3v) is 12.7. The van der Waals surface area contributed by atoms with Crippen LogP contribution >= 0.6 is 23.5 Å². The lowest BCUT2D eigenvalue weighted by Gasteiger charge is -2.37. The molecule has 6 heterocycles. The normalized spacial score (nSPS) is 14.5. The molecule has 4 aliphatic heterocycles. The van der Waals surface area contributed by atoms with Gasteiger partial charge in [-0.25, -0.2) is 0 Å². The second-order valence-electron chi connectivity index (χ2n) is 12.4. The van der Waals surface area contributed by atoms with Gasteiger partial charge >= 0.3 is 13.7 Å². The van der Waals surface area contributed by atoms with E-state index >= 15 is 0 Å². The number of nitrogens with zero attached hydrogens (tertiary/aromatic N) is 2. The number of hydrogen-bond donors (Lipinski definition) is 0. The van der Waals surface area contributed by atoms with Crippen LogP contribution in [-0.2, 0) is 0 Å². The van der Waals surface area contributed by atoms with Gasteiger partial charge in [0.25, 0.3) is 0 Å². The maximum atomic E-state index is 2.55. The zero-order chi connectivity index (χ0) is 28.3. The van der Waals surface area contributed by atoms with E-state index in [2.05, 4.69) is 131 Å². The molecule has 0 spiro atoms. The van der Waals surface area contributed by atoms with Gasteiger partial charge in [-0.2, -0.15) is 0 Å². The Balaban J connectivity index is 1.31. The van der Waals surface area contributed by atoms with Gasteiger partial charge < -0.3 is 8.96 Å². The molecule has 0 amide bonds. The SMILES string of the molecule is c1ccc2c(c1)Sc1cc3c4c5c(cc3c3c1B2n1ccc2cccc-3c21)Sc1ccccc1B5n1ccc2cccc-4c21. The lowest BCUT2D eigenvalue weighted by Crippen LogP contribution is -2.55. The fourth-order valence-electron chi connectivity index (χ4n) is 8.81. The van der Waals surface area contributed by atoms with Gasteiger partial charge in [0, 0.05) is 41.7 Å². The molecule has 6 aromatic carbocycles. The monoisotopic (exact) mass is 590 g/mol. The molecule has 0 N–H and O–H groups in total. The van der Waals surface area contributed by atoms with E-state index in [1.165, 1.54) is 96.3 Å². The summed E-state index contributed by atoms with van der Waals surface area (Å²) in [4.78, 5) is 5.50.